The number of carbonyl (C=O) groups excluding carboxylic acids is 1. The van der Waals surface area contributed by atoms with E-state index in [4.69, 9.17) is 4.74 Å². The third-order valence-electron chi connectivity index (χ3n) is 4.83. The molecule has 1 atom stereocenters. The fourth-order valence-electron chi connectivity index (χ4n) is 3.30. The van der Waals surface area contributed by atoms with Crippen molar-refractivity contribution < 1.29 is 26.4 Å². The quantitative estimate of drug-likeness (QED) is 0.673. The number of sulfone groups is 1. The Kier molecular flexibility index (Phi) is 6.28. The molecule has 2 saturated heterocycles. The molecule has 2 N–H and O–H groups in total. The summed E-state index contributed by atoms with van der Waals surface area (Å²) in [6.07, 6.45) is 0.274. The van der Waals surface area contributed by atoms with E-state index in [0.29, 0.717) is 31.1 Å². The van der Waals surface area contributed by atoms with Crippen LogP contribution < -0.4 is 10.6 Å². The zero-order valence-corrected chi connectivity index (χ0v) is 17.3. The second kappa shape index (κ2) is 8.36. The van der Waals surface area contributed by atoms with Gasteiger partial charge in [0.2, 0.25) is 15.9 Å². The van der Waals surface area contributed by atoms with E-state index in [2.05, 4.69) is 10.6 Å². The van der Waals surface area contributed by atoms with Crippen molar-refractivity contribution in [2.24, 2.45) is 5.92 Å². The second-order valence-electron chi connectivity index (χ2n) is 6.84. The molecule has 0 aliphatic carbocycles. The van der Waals surface area contributed by atoms with Crippen LogP contribution in [0.4, 0.5) is 11.4 Å². The molecule has 2 aliphatic rings. The molecule has 0 aromatic heterocycles. The highest BCUT2D eigenvalue weighted by atomic mass is 32.2. The Morgan fingerprint density at radius 3 is 2.57 bits per heavy atom. The first-order valence-corrected chi connectivity index (χ1v) is 12.5. The van der Waals surface area contributed by atoms with Crippen LogP contribution in [0, 0.1) is 5.92 Å². The minimum atomic E-state index is -3.71. The van der Waals surface area contributed by atoms with Gasteiger partial charge in [-0.25, -0.2) is 16.8 Å². The Bertz CT molecular complexity index is 940. The van der Waals surface area contributed by atoms with Crippen molar-refractivity contribution in [3.05, 3.63) is 18.2 Å². The molecule has 1 aromatic rings. The minimum Gasteiger partial charge on any atom is -0.384 e. The Morgan fingerprint density at radius 2 is 1.96 bits per heavy atom. The zero-order chi connectivity index (χ0) is 20.4. The monoisotopic (exact) mass is 431 g/mol. The zero-order valence-electron chi connectivity index (χ0n) is 15.7. The van der Waals surface area contributed by atoms with Crippen molar-refractivity contribution >= 4 is 37.1 Å². The normalized spacial score (nSPS) is 22.7. The van der Waals surface area contributed by atoms with E-state index in [9.17, 15) is 21.6 Å². The first kappa shape index (κ1) is 21.0. The van der Waals surface area contributed by atoms with Gasteiger partial charge in [-0.2, -0.15) is 4.31 Å². The molecule has 0 radical (unpaired) electrons. The smallest absolute Gasteiger partial charge is 0.243 e. The van der Waals surface area contributed by atoms with Gasteiger partial charge in [0.15, 0.2) is 9.84 Å². The molecule has 1 unspecified atom stereocenters. The second-order valence-corrected chi connectivity index (χ2v) is 11.0. The van der Waals surface area contributed by atoms with E-state index < -0.39 is 31.7 Å². The van der Waals surface area contributed by atoms with Crippen molar-refractivity contribution in [1.29, 1.82) is 0 Å². The van der Waals surface area contributed by atoms with Crippen molar-refractivity contribution in [3.8, 4) is 0 Å². The summed E-state index contributed by atoms with van der Waals surface area (Å²) in [5.74, 6) is -1.22. The van der Waals surface area contributed by atoms with Crippen LogP contribution in [0.3, 0.4) is 0 Å². The number of carbonyl (C=O) groups is 1. The Balaban J connectivity index is 1.86. The largest absolute Gasteiger partial charge is 0.384 e. The summed E-state index contributed by atoms with van der Waals surface area (Å²) in [7, 11) is -6.90. The number of amides is 1. The third-order valence-corrected chi connectivity index (χ3v) is 8.49. The van der Waals surface area contributed by atoms with Gasteiger partial charge in [-0.05, 0) is 31.5 Å². The molecule has 1 amide bonds. The Morgan fingerprint density at radius 1 is 1.25 bits per heavy atom. The molecule has 9 nitrogen and oxygen atoms in total. The molecule has 3 rings (SSSR count). The number of anilines is 2. The molecule has 2 heterocycles. The molecular formula is C17H25N3O6S2. The first-order valence-electron chi connectivity index (χ1n) is 9.20. The van der Waals surface area contributed by atoms with Gasteiger partial charge in [0.05, 0.1) is 46.9 Å². The number of rotatable bonds is 6. The summed E-state index contributed by atoms with van der Waals surface area (Å²) < 4.78 is 55.6. The van der Waals surface area contributed by atoms with Crippen LogP contribution in [0.1, 0.15) is 13.3 Å². The predicted molar refractivity (Wildman–Crippen MR) is 106 cm³/mol. The number of ether oxygens (including phenoxy) is 1. The van der Waals surface area contributed by atoms with E-state index in [0.717, 1.165) is 0 Å². The van der Waals surface area contributed by atoms with Gasteiger partial charge in [0.25, 0.3) is 0 Å². The predicted octanol–water partition coefficient (Wildman–Crippen LogP) is 0.513. The molecule has 0 spiro atoms. The summed E-state index contributed by atoms with van der Waals surface area (Å²) in [6, 6.07) is 4.53. The van der Waals surface area contributed by atoms with Gasteiger partial charge < -0.3 is 15.4 Å². The first-order chi connectivity index (χ1) is 13.2. The molecule has 11 heteroatoms. The summed E-state index contributed by atoms with van der Waals surface area (Å²) in [5, 5.41) is 5.80. The number of nitrogens with zero attached hydrogens (tertiary/aromatic N) is 1. The molecular weight excluding hydrogens is 406 g/mol. The van der Waals surface area contributed by atoms with Crippen LogP contribution in [0.5, 0.6) is 0 Å². The van der Waals surface area contributed by atoms with E-state index in [1.165, 1.54) is 16.4 Å². The summed E-state index contributed by atoms with van der Waals surface area (Å²) in [5.41, 5.74) is 0.906. The van der Waals surface area contributed by atoms with Crippen LogP contribution >= 0.6 is 0 Å². The van der Waals surface area contributed by atoms with Crippen LogP contribution in [0.25, 0.3) is 0 Å². The molecule has 2 fully saturated rings. The minimum absolute atomic E-state index is 0.00337. The highest BCUT2D eigenvalue weighted by Crippen LogP contribution is 2.29. The topological polar surface area (TPSA) is 122 Å². The molecule has 0 bridgehead atoms. The number of hydrogen-bond acceptors (Lipinski definition) is 7. The van der Waals surface area contributed by atoms with Gasteiger partial charge in [0.1, 0.15) is 0 Å². The maximum atomic E-state index is 12.9. The van der Waals surface area contributed by atoms with Crippen LogP contribution in [-0.2, 0) is 29.4 Å². The lowest BCUT2D eigenvalue weighted by Crippen LogP contribution is -2.40. The summed E-state index contributed by atoms with van der Waals surface area (Å²) in [4.78, 5) is 12.6. The average molecular weight is 432 g/mol. The van der Waals surface area contributed by atoms with Gasteiger partial charge >= 0.3 is 0 Å². The summed E-state index contributed by atoms with van der Waals surface area (Å²) in [6.45, 7) is 3.70. The highest BCUT2D eigenvalue weighted by Gasteiger charge is 2.33. The lowest BCUT2D eigenvalue weighted by molar-refractivity contribution is -0.119. The van der Waals surface area contributed by atoms with E-state index in [1.807, 2.05) is 6.92 Å². The van der Waals surface area contributed by atoms with E-state index in [-0.39, 0.29) is 35.9 Å². The third kappa shape index (κ3) is 4.65. The maximum absolute atomic E-state index is 12.9. The van der Waals surface area contributed by atoms with Gasteiger partial charge in [0, 0.05) is 19.6 Å². The lowest BCUT2D eigenvalue weighted by atomic mass is 10.1. The van der Waals surface area contributed by atoms with E-state index >= 15 is 0 Å². The number of morpholine rings is 1. The summed E-state index contributed by atoms with van der Waals surface area (Å²) >= 11 is 0. The number of sulfonamides is 1. The number of hydrogen-bond donors (Lipinski definition) is 2. The van der Waals surface area contributed by atoms with Crippen molar-refractivity contribution in [3.63, 3.8) is 0 Å². The van der Waals surface area contributed by atoms with Crippen LogP contribution in [0.15, 0.2) is 23.1 Å². The fraction of sp³-hybridized carbons (Fsp3) is 0.588. The molecule has 28 heavy (non-hydrogen) atoms. The van der Waals surface area contributed by atoms with Crippen LogP contribution in [-0.4, -0.2) is 71.4 Å². The Labute approximate surface area is 165 Å². The molecule has 0 saturated carbocycles. The average Bonchev–Trinajstić information content (AvgIpc) is 3.04. The van der Waals surface area contributed by atoms with E-state index in [1.54, 1.807) is 6.07 Å². The number of benzene rings is 1. The molecule has 1 aromatic carbocycles. The molecule has 156 valence electrons. The van der Waals surface area contributed by atoms with Gasteiger partial charge in [-0.1, -0.05) is 0 Å². The van der Waals surface area contributed by atoms with Crippen molar-refractivity contribution in [2.75, 3.05) is 55.0 Å². The fourth-order valence-corrected chi connectivity index (χ4v) is 6.48. The van der Waals surface area contributed by atoms with Crippen LogP contribution in [0.2, 0.25) is 0 Å². The Hall–Kier alpha value is -1.69. The molecule has 2 aliphatic heterocycles. The van der Waals surface area contributed by atoms with Gasteiger partial charge in [-0.3, -0.25) is 4.79 Å². The standard InChI is InChI=1S/C17H25N3O6S2/c1-2-18-15-4-3-14(28(24,25)20-6-8-26-9-7-20)11-16(15)19-17(21)13-5-10-27(22,23)12-13/h3-4,11,13,18H,2,5-10,12H2,1H3,(H,19,21). The lowest BCUT2D eigenvalue weighted by Gasteiger charge is -2.26. The van der Waals surface area contributed by atoms with Crippen molar-refractivity contribution in [1.82, 2.24) is 4.31 Å². The highest BCUT2D eigenvalue weighted by molar-refractivity contribution is 7.91. The van der Waals surface area contributed by atoms with Crippen molar-refractivity contribution in [2.45, 2.75) is 18.2 Å². The number of nitrogens with one attached hydrogen (secondary N) is 2. The SMILES string of the molecule is CCNc1ccc(S(=O)(=O)N2CCOCC2)cc1NC(=O)C1CCS(=O)(=O)C1. The maximum Gasteiger partial charge on any atom is 0.243 e. The van der Waals surface area contributed by atoms with Gasteiger partial charge in [-0.15, -0.1) is 0 Å².